The van der Waals surface area contributed by atoms with E-state index in [0.29, 0.717) is 23.8 Å². The molecule has 3 aromatic heterocycles. The van der Waals surface area contributed by atoms with Crippen LogP contribution in [0, 0.1) is 0 Å². The van der Waals surface area contributed by atoms with Crippen LogP contribution < -0.4 is 15.0 Å². The number of H-pyrrole nitrogens is 1. The van der Waals surface area contributed by atoms with Gasteiger partial charge in [-0.25, -0.2) is 15.0 Å². The molecule has 0 radical (unpaired) electrons. The van der Waals surface area contributed by atoms with Crippen molar-refractivity contribution in [1.29, 1.82) is 0 Å². The Balaban J connectivity index is 0.918. The van der Waals surface area contributed by atoms with Gasteiger partial charge in [-0.1, -0.05) is 24.3 Å². The number of aromatic amines is 1. The predicted molar refractivity (Wildman–Crippen MR) is 162 cm³/mol. The van der Waals surface area contributed by atoms with Crippen LogP contribution in [0.25, 0.3) is 22.3 Å². The number of pyridine rings is 1. The number of rotatable bonds is 7. The molecule has 2 unspecified atom stereocenters. The van der Waals surface area contributed by atoms with Crippen molar-refractivity contribution >= 4 is 28.4 Å². The number of hydrogen-bond donors (Lipinski definition) is 2. The van der Waals surface area contributed by atoms with Crippen LogP contribution in [0.1, 0.15) is 42.0 Å². The van der Waals surface area contributed by atoms with E-state index in [0.717, 1.165) is 72.3 Å². The highest BCUT2D eigenvalue weighted by Gasteiger charge is 2.44. The Morgan fingerprint density at radius 2 is 1.88 bits per heavy atom. The van der Waals surface area contributed by atoms with E-state index in [4.69, 9.17) is 19.7 Å². The number of nitrogens with zero attached hydrogens (tertiary/aromatic N) is 6. The summed E-state index contributed by atoms with van der Waals surface area (Å²) in [6.45, 7) is 3.83. The molecule has 4 aliphatic heterocycles. The van der Waals surface area contributed by atoms with Gasteiger partial charge in [0.15, 0.2) is 11.6 Å². The van der Waals surface area contributed by atoms with Gasteiger partial charge in [-0.3, -0.25) is 10.00 Å². The zero-order valence-corrected chi connectivity index (χ0v) is 23.3. The van der Waals surface area contributed by atoms with E-state index < -0.39 is 0 Å². The van der Waals surface area contributed by atoms with Gasteiger partial charge < -0.3 is 15.0 Å². The topological polar surface area (TPSA) is 95.1 Å². The summed E-state index contributed by atoms with van der Waals surface area (Å²) in [5.41, 5.74) is 5.72. The Labute approximate surface area is 244 Å². The molecule has 2 bridgehead atoms. The van der Waals surface area contributed by atoms with Gasteiger partial charge in [0.25, 0.3) is 0 Å². The number of piperidine rings is 1. The second-order valence-electron chi connectivity index (χ2n) is 12.1. The van der Waals surface area contributed by atoms with E-state index in [1.165, 1.54) is 36.1 Å². The van der Waals surface area contributed by atoms with Crippen molar-refractivity contribution in [3.63, 3.8) is 0 Å². The minimum atomic E-state index is 0.564. The number of ether oxygens (including phenoxy) is 1. The highest BCUT2D eigenvalue weighted by molar-refractivity contribution is 5.92. The number of benzene rings is 2. The Bertz CT molecular complexity index is 1780. The fourth-order valence-corrected chi connectivity index (χ4v) is 6.81. The first kappa shape index (κ1) is 24.1. The first-order valence-electron chi connectivity index (χ1n) is 15.0. The van der Waals surface area contributed by atoms with Crippen molar-refractivity contribution in [3.8, 4) is 17.1 Å². The van der Waals surface area contributed by atoms with Gasteiger partial charge in [-0.2, -0.15) is 5.10 Å². The van der Waals surface area contributed by atoms with Crippen LogP contribution in [0.4, 0.5) is 17.5 Å². The molecular weight excluding hydrogens is 524 g/mol. The van der Waals surface area contributed by atoms with Gasteiger partial charge in [-0.05, 0) is 60.7 Å². The van der Waals surface area contributed by atoms with Gasteiger partial charge in [0.1, 0.15) is 17.4 Å². The smallest absolute Gasteiger partial charge is 0.163 e. The minimum absolute atomic E-state index is 0.564. The molecule has 42 heavy (non-hydrogen) atoms. The molecule has 5 aromatic rings. The molecule has 1 saturated carbocycles. The van der Waals surface area contributed by atoms with E-state index in [1.54, 1.807) is 0 Å². The molecule has 4 fully saturated rings. The molecule has 2 aromatic carbocycles. The number of fused-ring (bicyclic) bond motifs is 4. The van der Waals surface area contributed by atoms with Crippen molar-refractivity contribution in [2.24, 2.45) is 0 Å². The number of hydrogen-bond acceptors (Lipinski definition) is 8. The van der Waals surface area contributed by atoms with Crippen molar-refractivity contribution in [2.75, 3.05) is 29.9 Å². The standard InChI is InChI=1S/C33H32N8O/c1-2-4-27-26(3-1)33(36-30-15-28(38-39-30)21-6-7-21)37-32(35-27)23-8-10-31(34-16-23)40-18-24-14-25(19-40)41(24)17-20-5-9-29-22(13-20)11-12-42-29/h1-5,8-10,13,15-16,21,24-25H,6-7,11-12,14,17-19H2,(H2,35,36,37,38,39). The third kappa shape index (κ3) is 4.27. The Hall–Kier alpha value is -4.50. The van der Waals surface area contributed by atoms with Crippen molar-refractivity contribution in [2.45, 2.75) is 50.2 Å². The molecule has 10 rings (SSSR count). The zero-order chi connectivity index (χ0) is 27.6. The lowest BCUT2D eigenvalue weighted by atomic mass is 9.86. The summed E-state index contributed by atoms with van der Waals surface area (Å²) in [4.78, 5) is 19.8. The van der Waals surface area contributed by atoms with E-state index in [2.05, 4.69) is 61.7 Å². The maximum absolute atomic E-state index is 5.69. The lowest BCUT2D eigenvalue weighted by Gasteiger charge is -2.56. The van der Waals surface area contributed by atoms with Crippen LogP contribution in [0.15, 0.2) is 66.9 Å². The number of nitrogens with one attached hydrogen (secondary N) is 2. The fourth-order valence-electron chi connectivity index (χ4n) is 6.81. The van der Waals surface area contributed by atoms with E-state index in [9.17, 15) is 0 Å². The molecule has 9 heteroatoms. The molecule has 2 N–H and O–H groups in total. The number of para-hydroxylation sites is 1. The Morgan fingerprint density at radius 1 is 0.976 bits per heavy atom. The molecular formula is C33H32N8O. The molecule has 2 atom stereocenters. The van der Waals surface area contributed by atoms with Gasteiger partial charge in [0.05, 0.1) is 12.1 Å². The SMILES string of the molecule is c1ccc2c(Nc3cc(C4CC4)[nH]n3)nc(-c3ccc(N4CC5CC(C4)N5Cc4ccc5c(c4)CCO5)nc3)nc2c1. The second-order valence-corrected chi connectivity index (χ2v) is 12.1. The van der Waals surface area contributed by atoms with Crippen molar-refractivity contribution < 1.29 is 4.74 Å². The average molecular weight is 557 g/mol. The maximum atomic E-state index is 5.69. The number of piperazine rings is 1. The number of aromatic nitrogens is 5. The minimum Gasteiger partial charge on any atom is -0.493 e. The van der Waals surface area contributed by atoms with E-state index in [1.807, 2.05) is 30.5 Å². The largest absolute Gasteiger partial charge is 0.493 e. The molecule has 0 spiro atoms. The van der Waals surface area contributed by atoms with Gasteiger partial charge >= 0.3 is 0 Å². The van der Waals surface area contributed by atoms with Crippen molar-refractivity contribution in [3.05, 3.63) is 83.7 Å². The molecule has 0 amide bonds. The van der Waals surface area contributed by atoms with Crippen LogP contribution in [0.3, 0.4) is 0 Å². The molecule has 7 heterocycles. The first-order valence-corrected chi connectivity index (χ1v) is 15.0. The Kier molecular flexibility index (Phi) is 5.47. The van der Waals surface area contributed by atoms with Gasteiger partial charge in [0.2, 0.25) is 0 Å². The van der Waals surface area contributed by atoms with Crippen molar-refractivity contribution in [1.82, 2.24) is 30.0 Å². The van der Waals surface area contributed by atoms with Gasteiger partial charge in [-0.15, -0.1) is 0 Å². The fraction of sp³-hybridized carbons (Fsp3) is 0.333. The average Bonchev–Trinajstić information content (AvgIpc) is 3.60. The van der Waals surface area contributed by atoms with Crippen LogP contribution >= 0.6 is 0 Å². The molecule has 1 aliphatic carbocycles. The Morgan fingerprint density at radius 3 is 2.74 bits per heavy atom. The first-order chi connectivity index (χ1) is 20.7. The summed E-state index contributed by atoms with van der Waals surface area (Å²) >= 11 is 0. The summed E-state index contributed by atoms with van der Waals surface area (Å²) in [7, 11) is 0. The third-order valence-electron chi connectivity index (χ3n) is 9.26. The highest BCUT2D eigenvalue weighted by atomic mass is 16.5. The van der Waals surface area contributed by atoms with E-state index >= 15 is 0 Å². The quantitative estimate of drug-likeness (QED) is 0.274. The molecule has 210 valence electrons. The normalized spacial score (nSPS) is 21.2. The summed E-state index contributed by atoms with van der Waals surface area (Å²) < 4.78 is 5.69. The summed E-state index contributed by atoms with van der Waals surface area (Å²) in [6, 6.07) is 22.2. The molecule has 9 nitrogen and oxygen atoms in total. The number of anilines is 3. The lowest BCUT2D eigenvalue weighted by molar-refractivity contribution is -0.00869. The van der Waals surface area contributed by atoms with Gasteiger partial charge in [0, 0.05) is 73.0 Å². The zero-order valence-electron chi connectivity index (χ0n) is 23.3. The van der Waals surface area contributed by atoms with E-state index in [-0.39, 0.29) is 0 Å². The van der Waals surface area contributed by atoms with Crippen LogP contribution in [0.2, 0.25) is 0 Å². The highest BCUT2D eigenvalue weighted by Crippen LogP contribution is 2.40. The third-order valence-corrected chi connectivity index (χ3v) is 9.26. The van der Waals surface area contributed by atoms with Crippen LogP contribution in [-0.2, 0) is 13.0 Å². The molecule has 3 saturated heterocycles. The second kappa shape index (κ2) is 9.52. The predicted octanol–water partition coefficient (Wildman–Crippen LogP) is 5.43. The maximum Gasteiger partial charge on any atom is 0.163 e. The monoisotopic (exact) mass is 556 g/mol. The lowest BCUT2D eigenvalue weighted by Crippen LogP contribution is -2.68. The van der Waals surface area contributed by atoms with Crippen LogP contribution in [0.5, 0.6) is 5.75 Å². The van der Waals surface area contributed by atoms with Crippen LogP contribution in [-0.4, -0.2) is 61.8 Å². The summed E-state index contributed by atoms with van der Waals surface area (Å²) in [6.07, 6.45) is 6.66. The molecule has 5 aliphatic rings. The summed E-state index contributed by atoms with van der Waals surface area (Å²) in [5.74, 6) is 4.88. The summed E-state index contributed by atoms with van der Waals surface area (Å²) in [5, 5.41) is 12.0.